The fraction of sp³-hybridized carbons (Fsp3) is 0.722. The van der Waals surface area contributed by atoms with Crippen LogP contribution in [0.2, 0.25) is 0 Å². The van der Waals surface area contributed by atoms with Crippen molar-refractivity contribution < 1.29 is 15.0 Å². The van der Waals surface area contributed by atoms with Crippen molar-refractivity contribution in [3.8, 4) is 0 Å². The average molecular weight is 288 g/mol. The molecule has 0 aliphatic heterocycles. The molecule has 0 amide bonds. The summed E-state index contributed by atoms with van der Waals surface area (Å²) in [7, 11) is 0. The molecule has 0 heterocycles. The van der Waals surface area contributed by atoms with Gasteiger partial charge >= 0.3 is 0 Å². The molecule has 4 aliphatic rings. The predicted octanol–water partition coefficient (Wildman–Crippen LogP) is 2.38. The minimum absolute atomic E-state index is 0.0533. The maximum Gasteiger partial charge on any atom is 0.162 e. The molecule has 0 aromatic carbocycles. The Morgan fingerprint density at radius 2 is 2.10 bits per heavy atom. The molecule has 0 aromatic heterocycles. The molecule has 0 aromatic rings. The number of rotatable bonds is 0. The highest BCUT2D eigenvalue weighted by Crippen LogP contribution is 2.60. The average Bonchev–Trinajstić information content (AvgIpc) is 2.70. The molecule has 3 heteroatoms. The first-order valence-electron chi connectivity index (χ1n) is 8.30. The van der Waals surface area contributed by atoms with E-state index in [-0.39, 0.29) is 17.3 Å². The van der Waals surface area contributed by atoms with Crippen molar-refractivity contribution in [3.05, 3.63) is 23.3 Å². The van der Waals surface area contributed by atoms with Gasteiger partial charge in [0.1, 0.15) is 6.10 Å². The van der Waals surface area contributed by atoms with Crippen LogP contribution in [-0.2, 0) is 4.79 Å². The zero-order valence-electron chi connectivity index (χ0n) is 12.6. The maximum absolute atomic E-state index is 12.0. The predicted molar refractivity (Wildman–Crippen MR) is 79.5 cm³/mol. The van der Waals surface area contributed by atoms with Crippen LogP contribution in [0.25, 0.3) is 0 Å². The standard InChI is InChI=1S/C18H24O3/c1-18-7-6-13-12-5-3-11(19)8-10(12)2-4-14(13)15(18)9-16(20)17(18)21/h5,8,11,13-15,17,19,21H,2-4,6-7,9H2,1H3. The van der Waals surface area contributed by atoms with E-state index in [1.165, 1.54) is 11.1 Å². The number of carbonyl (C=O) groups is 1. The lowest BCUT2D eigenvalue weighted by Crippen LogP contribution is -2.45. The monoisotopic (exact) mass is 288 g/mol. The van der Waals surface area contributed by atoms with Crippen molar-refractivity contribution in [2.75, 3.05) is 0 Å². The first kappa shape index (κ1) is 13.7. The van der Waals surface area contributed by atoms with Crippen LogP contribution in [0.15, 0.2) is 23.3 Å². The highest BCUT2D eigenvalue weighted by Gasteiger charge is 2.58. The highest BCUT2D eigenvalue weighted by atomic mass is 16.3. The molecule has 21 heavy (non-hydrogen) atoms. The van der Waals surface area contributed by atoms with Crippen LogP contribution < -0.4 is 0 Å². The molecule has 0 radical (unpaired) electrons. The number of carbonyl (C=O) groups excluding carboxylic acids is 1. The number of allylic oxidation sites excluding steroid dienone is 2. The highest BCUT2D eigenvalue weighted by molar-refractivity contribution is 5.86. The molecule has 0 spiro atoms. The Labute approximate surface area is 125 Å². The number of aliphatic hydroxyl groups excluding tert-OH is 2. The Kier molecular flexibility index (Phi) is 2.96. The van der Waals surface area contributed by atoms with E-state index in [2.05, 4.69) is 13.0 Å². The zero-order chi connectivity index (χ0) is 14.8. The number of Topliss-reactive ketones (excluding diaryl/α,β-unsaturated/α-hetero) is 1. The Hall–Kier alpha value is -0.930. The van der Waals surface area contributed by atoms with Crippen molar-refractivity contribution in [1.82, 2.24) is 0 Å². The van der Waals surface area contributed by atoms with E-state index < -0.39 is 6.10 Å². The lowest BCUT2D eigenvalue weighted by Gasteiger charge is -2.50. The third-order valence-corrected chi connectivity index (χ3v) is 6.72. The van der Waals surface area contributed by atoms with Crippen molar-refractivity contribution in [3.63, 3.8) is 0 Å². The number of hydrogen-bond acceptors (Lipinski definition) is 3. The van der Waals surface area contributed by atoms with Gasteiger partial charge in [-0.05, 0) is 61.0 Å². The van der Waals surface area contributed by atoms with Gasteiger partial charge in [0, 0.05) is 11.8 Å². The number of hydrogen-bond donors (Lipinski definition) is 2. The van der Waals surface area contributed by atoms with E-state index >= 15 is 0 Å². The molecule has 6 atom stereocenters. The number of aliphatic hydroxyl groups is 2. The molecule has 0 saturated heterocycles. The zero-order valence-corrected chi connectivity index (χ0v) is 12.6. The Morgan fingerprint density at radius 3 is 2.90 bits per heavy atom. The smallest absolute Gasteiger partial charge is 0.162 e. The van der Waals surface area contributed by atoms with E-state index in [0.717, 1.165) is 32.1 Å². The first-order valence-corrected chi connectivity index (χ1v) is 8.30. The molecule has 0 bridgehead atoms. The molecular weight excluding hydrogens is 264 g/mol. The topological polar surface area (TPSA) is 57.5 Å². The Morgan fingerprint density at radius 1 is 1.29 bits per heavy atom. The van der Waals surface area contributed by atoms with Gasteiger partial charge in [0.05, 0.1) is 6.10 Å². The minimum atomic E-state index is -0.748. The summed E-state index contributed by atoms with van der Waals surface area (Å²) < 4.78 is 0. The van der Waals surface area contributed by atoms with E-state index in [4.69, 9.17) is 0 Å². The molecule has 114 valence electrons. The second-order valence-electron chi connectivity index (χ2n) is 7.69. The van der Waals surface area contributed by atoms with Gasteiger partial charge in [-0.2, -0.15) is 0 Å². The fourth-order valence-electron chi connectivity index (χ4n) is 5.56. The summed E-state index contributed by atoms with van der Waals surface area (Å²) >= 11 is 0. The third kappa shape index (κ3) is 1.83. The summed E-state index contributed by atoms with van der Waals surface area (Å²) in [6.07, 6.45) is 8.62. The van der Waals surface area contributed by atoms with Crippen molar-refractivity contribution >= 4 is 5.78 Å². The van der Waals surface area contributed by atoms with Gasteiger partial charge < -0.3 is 10.2 Å². The summed E-state index contributed by atoms with van der Waals surface area (Å²) in [5.74, 6) is 1.46. The van der Waals surface area contributed by atoms with Crippen molar-refractivity contribution in [2.24, 2.45) is 23.2 Å². The van der Waals surface area contributed by atoms with Crippen LogP contribution in [0.5, 0.6) is 0 Å². The van der Waals surface area contributed by atoms with Gasteiger partial charge in [-0.25, -0.2) is 0 Å². The van der Waals surface area contributed by atoms with Crippen LogP contribution >= 0.6 is 0 Å². The van der Waals surface area contributed by atoms with Gasteiger partial charge in [-0.1, -0.05) is 19.1 Å². The molecule has 4 rings (SSSR count). The first-order chi connectivity index (χ1) is 10.0. The van der Waals surface area contributed by atoms with Gasteiger partial charge in [0.25, 0.3) is 0 Å². The summed E-state index contributed by atoms with van der Waals surface area (Å²) in [4.78, 5) is 12.0. The molecule has 6 unspecified atom stereocenters. The summed E-state index contributed by atoms with van der Waals surface area (Å²) in [6, 6.07) is 0. The van der Waals surface area contributed by atoms with Crippen LogP contribution in [0, 0.1) is 23.2 Å². The molecular formula is C18H24O3. The van der Waals surface area contributed by atoms with Gasteiger partial charge in [-0.15, -0.1) is 0 Å². The number of ketones is 1. The second-order valence-corrected chi connectivity index (χ2v) is 7.69. The van der Waals surface area contributed by atoms with E-state index in [9.17, 15) is 15.0 Å². The largest absolute Gasteiger partial charge is 0.389 e. The van der Waals surface area contributed by atoms with E-state index in [1.54, 1.807) is 0 Å². The molecule has 3 nitrogen and oxygen atoms in total. The summed E-state index contributed by atoms with van der Waals surface area (Å²) in [5.41, 5.74) is 2.57. The summed E-state index contributed by atoms with van der Waals surface area (Å²) in [5, 5.41) is 20.1. The lowest BCUT2D eigenvalue weighted by atomic mass is 9.54. The van der Waals surface area contributed by atoms with Crippen LogP contribution in [0.1, 0.15) is 45.4 Å². The van der Waals surface area contributed by atoms with Gasteiger partial charge in [-0.3, -0.25) is 4.79 Å². The normalized spacial score (nSPS) is 48.9. The third-order valence-electron chi connectivity index (χ3n) is 6.72. The minimum Gasteiger partial charge on any atom is -0.389 e. The van der Waals surface area contributed by atoms with Crippen molar-refractivity contribution in [2.45, 2.75) is 57.7 Å². The lowest BCUT2D eigenvalue weighted by molar-refractivity contribution is -0.128. The molecule has 3 saturated carbocycles. The SMILES string of the molecule is CC12CCC3C4=CCC(O)C=C4CCC3C1CC(=O)C2O. The van der Waals surface area contributed by atoms with Crippen LogP contribution in [0.4, 0.5) is 0 Å². The molecule has 2 N–H and O–H groups in total. The summed E-state index contributed by atoms with van der Waals surface area (Å²) in [6.45, 7) is 2.12. The Bertz CT molecular complexity index is 547. The molecule has 3 fully saturated rings. The quantitative estimate of drug-likeness (QED) is 0.719. The maximum atomic E-state index is 12.0. The number of fused-ring (bicyclic) bond motifs is 5. The van der Waals surface area contributed by atoms with Crippen LogP contribution in [-0.4, -0.2) is 28.2 Å². The van der Waals surface area contributed by atoms with Gasteiger partial charge in [0.2, 0.25) is 0 Å². The molecule has 4 aliphatic carbocycles. The fourth-order valence-corrected chi connectivity index (χ4v) is 5.56. The van der Waals surface area contributed by atoms with E-state index in [1.807, 2.05) is 6.08 Å². The van der Waals surface area contributed by atoms with E-state index in [0.29, 0.717) is 24.2 Å². The Balaban J connectivity index is 1.67. The van der Waals surface area contributed by atoms with Crippen LogP contribution in [0.3, 0.4) is 0 Å². The van der Waals surface area contributed by atoms with Crippen molar-refractivity contribution in [1.29, 1.82) is 0 Å². The van der Waals surface area contributed by atoms with Gasteiger partial charge in [0.15, 0.2) is 5.78 Å². The second kappa shape index (κ2) is 4.53.